The first-order valence-electron chi connectivity index (χ1n) is 6.76. The number of piperidine rings is 1. The number of nitrogens with two attached hydrogens (primary N) is 1. The van der Waals surface area contributed by atoms with Crippen molar-refractivity contribution in [1.82, 2.24) is 9.88 Å². The Labute approximate surface area is 119 Å². The summed E-state index contributed by atoms with van der Waals surface area (Å²) < 4.78 is 4.95. The fraction of sp³-hybridized carbons (Fsp3) is 0.357. The van der Waals surface area contributed by atoms with E-state index in [9.17, 15) is 14.4 Å². The van der Waals surface area contributed by atoms with Crippen LogP contribution in [0.25, 0.3) is 11.1 Å². The van der Waals surface area contributed by atoms with Crippen molar-refractivity contribution in [2.45, 2.75) is 12.8 Å². The van der Waals surface area contributed by atoms with Crippen LogP contribution in [-0.2, 0) is 4.79 Å². The van der Waals surface area contributed by atoms with Crippen molar-refractivity contribution in [3.63, 3.8) is 0 Å². The molecule has 0 atom stereocenters. The zero-order chi connectivity index (χ0) is 15.0. The van der Waals surface area contributed by atoms with Gasteiger partial charge in [-0.05, 0) is 31.0 Å². The lowest BCUT2D eigenvalue weighted by Gasteiger charge is -2.30. The lowest BCUT2D eigenvalue weighted by atomic mass is 9.96. The summed E-state index contributed by atoms with van der Waals surface area (Å²) >= 11 is 0. The van der Waals surface area contributed by atoms with Crippen molar-refractivity contribution in [3.8, 4) is 0 Å². The van der Waals surface area contributed by atoms with Crippen LogP contribution in [0.3, 0.4) is 0 Å². The highest BCUT2D eigenvalue weighted by Gasteiger charge is 2.26. The smallest absolute Gasteiger partial charge is 0.408 e. The number of nitrogens with one attached hydrogen (secondary N) is 1. The minimum absolute atomic E-state index is 0.135. The molecule has 2 heterocycles. The first kappa shape index (κ1) is 13.4. The molecule has 1 aliphatic rings. The predicted octanol–water partition coefficient (Wildman–Crippen LogP) is 0.459. The molecule has 1 saturated heterocycles. The van der Waals surface area contributed by atoms with Gasteiger partial charge in [-0.2, -0.15) is 0 Å². The lowest BCUT2D eigenvalue weighted by molar-refractivity contribution is -0.123. The highest BCUT2D eigenvalue weighted by Crippen LogP contribution is 2.20. The van der Waals surface area contributed by atoms with Crippen LogP contribution >= 0.6 is 0 Å². The van der Waals surface area contributed by atoms with Gasteiger partial charge >= 0.3 is 5.76 Å². The third-order valence-corrected chi connectivity index (χ3v) is 3.85. The Morgan fingerprint density at radius 1 is 1.29 bits per heavy atom. The summed E-state index contributed by atoms with van der Waals surface area (Å²) in [5.74, 6) is -1.14. The third-order valence-electron chi connectivity index (χ3n) is 3.85. The van der Waals surface area contributed by atoms with Crippen LogP contribution < -0.4 is 11.5 Å². The highest BCUT2D eigenvalue weighted by molar-refractivity contribution is 5.97. The number of nitrogens with zero attached hydrogens (tertiary/aromatic N) is 1. The number of aromatic nitrogens is 1. The van der Waals surface area contributed by atoms with Gasteiger partial charge in [0.1, 0.15) is 0 Å². The molecule has 2 amide bonds. The van der Waals surface area contributed by atoms with Crippen molar-refractivity contribution >= 4 is 22.9 Å². The first-order chi connectivity index (χ1) is 10.0. The van der Waals surface area contributed by atoms with Crippen LogP contribution in [0, 0.1) is 5.92 Å². The van der Waals surface area contributed by atoms with Gasteiger partial charge in [-0.1, -0.05) is 0 Å². The Morgan fingerprint density at radius 2 is 2.00 bits per heavy atom. The number of oxazole rings is 1. The molecule has 1 fully saturated rings. The summed E-state index contributed by atoms with van der Waals surface area (Å²) in [7, 11) is 0. The lowest BCUT2D eigenvalue weighted by Crippen LogP contribution is -2.41. The molecule has 0 unspecified atom stereocenters. The van der Waals surface area contributed by atoms with E-state index < -0.39 is 5.76 Å². The van der Waals surface area contributed by atoms with Crippen LogP contribution in [0.5, 0.6) is 0 Å². The van der Waals surface area contributed by atoms with Crippen LogP contribution in [0.2, 0.25) is 0 Å². The topological polar surface area (TPSA) is 109 Å². The SMILES string of the molecule is NC(=O)C1CCN(C(=O)c2ccc3[nH]c(=O)oc3c2)CC1. The van der Waals surface area contributed by atoms with E-state index in [0.717, 1.165) is 0 Å². The molecular formula is C14H15N3O4. The molecule has 1 aromatic heterocycles. The van der Waals surface area contributed by atoms with E-state index in [-0.39, 0.29) is 17.7 Å². The quantitative estimate of drug-likeness (QED) is 0.836. The van der Waals surface area contributed by atoms with Crippen LogP contribution in [0.15, 0.2) is 27.4 Å². The van der Waals surface area contributed by atoms with Crippen LogP contribution in [0.1, 0.15) is 23.2 Å². The number of hydrogen-bond donors (Lipinski definition) is 2. The fourth-order valence-electron chi connectivity index (χ4n) is 2.63. The van der Waals surface area contributed by atoms with E-state index in [0.29, 0.717) is 42.6 Å². The minimum atomic E-state index is -0.545. The monoisotopic (exact) mass is 289 g/mol. The molecule has 3 rings (SSSR count). The van der Waals surface area contributed by atoms with Gasteiger partial charge < -0.3 is 15.1 Å². The minimum Gasteiger partial charge on any atom is -0.408 e. The summed E-state index contributed by atoms with van der Waals surface area (Å²) in [5, 5.41) is 0. The largest absolute Gasteiger partial charge is 0.417 e. The molecule has 0 radical (unpaired) electrons. The Hall–Kier alpha value is -2.57. The number of carbonyl (C=O) groups is 2. The van der Waals surface area contributed by atoms with Crippen molar-refractivity contribution < 1.29 is 14.0 Å². The van der Waals surface area contributed by atoms with E-state index in [1.807, 2.05) is 0 Å². The maximum Gasteiger partial charge on any atom is 0.417 e. The summed E-state index contributed by atoms with van der Waals surface area (Å²) in [6.07, 6.45) is 1.17. The third kappa shape index (κ3) is 2.54. The normalized spacial score (nSPS) is 16.3. The van der Waals surface area contributed by atoms with Gasteiger partial charge in [-0.3, -0.25) is 14.6 Å². The average Bonchev–Trinajstić information content (AvgIpc) is 2.85. The molecule has 7 nitrogen and oxygen atoms in total. The number of likely N-dealkylation sites (tertiary alicyclic amines) is 1. The molecule has 110 valence electrons. The summed E-state index contributed by atoms with van der Waals surface area (Å²) in [4.78, 5) is 38.8. The second kappa shape index (κ2) is 5.08. The number of amides is 2. The molecule has 0 saturated carbocycles. The van der Waals surface area contributed by atoms with Gasteiger partial charge in [0.2, 0.25) is 5.91 Å². The molecule has 0 aliphatic carbocycles. The molecule has 1 aromatic carbocycles. The fourth-order valence-corrected chi connectivity index (χ4v) is 2.63. The maximum atomic E-state index is 12.4. The molecule has 21 heavy (non-hydrogen) atoms. The van der Waals surface area contributed by atoms with Crippen LogP contribution in [-0.4, -0.2) is 34.8 Å². The number of hydrogen-bond acceptors (Lipinski definition) is 4. The Morgan fingerprint density at radius 3 is 2.67 bits per heavy atom. The molecule has 2 aromatic rings. The number of primary amides is 1. The van der Waals surface area contributed by atoms with Gasteiger partial charge in [0.25, 0.3) is 5.91 Å². The van der Waals surface area contributed by atoms with Crippen LogP contribution in [0.4, 0.5) is 0 Å². The van der Waals surface area contributed by atoms with Gasteiger partial charge in [0, 0.05) is 24.6 Å². The zero-order valence-electron chi connectivity index (χ0n) is 11.3. The van der Waals surface area contributed by atoms with E-state index in [1.165, 1.54) is 0 Å². The van der Waals surface area contributed by atoms with E-state index in [2.05, 4.69) is 4.98 Å². The van der Waals surface area contributed by atoms with Crippen molar-refractivity contribution in [3.05, 3.63) is 34.3 Å². The standard InChI is InChI=1S/C14H15N3O4/c15-12(18)8-3-5-17(6-4-8)13(19)9-1-2-10-11(7-9)21-14(20)16-10/h1-2,7-8H,3-6H2,(H2,15,18)(H,16,20). The Bertz CT molecular complexity index is 753. The average molecular weight is 289 g/mol. The van der Waals surface area contributed by atoms with Crippen molar-refractivity contribution in [1.29, 1.82) is 0 Å². The Kier molecular flexibility index (Phi) is 3.25. The van der Waals surface area contributed by atoms with Gasteiger partial charge in [-0.25, -0.2) is 4.79 Å². The summed E-state index contributed by atoms with van der Waals surface area (Å²) in [6, 6.07) is 4.84. The highest BCUT2D eigenvalue weighted by atomic mass is 16.4. The Balaban J connectivity index is 1.78. The van der Waals surface area contributed by atoms with E-state index in [4.69, 9.17) is 10.2 Å². The second-order valence-electron chi connectivity index (χ2n) is 5.19. The van der Waals surface area contributed by atoms with Gasteiger partial charge in [-0.15, -0.1) is 0 Å². The number of aromatic amines is 1. The number of H-pyrrole nitrogens is 1. The number of rotatable bonds is 2. The molecule has 7 heteroatoms. The maximum absolute atomic E-state index is 12.4. The number of benzene rings is 1. The van der Waals surface area contributed by atoms with Crippen molar-refractivity contribution in [2.24, 2.45) is 11.7 Å². The number of carbonyl (C=O) groups excluding carboxylic acids is 2. The molecule has 0 bridgehead atoms. The first-order valence-corrected chi connectivity index (χ1v) is 6.76. The summed E-state index contributed by atoms with van der Waals surface area (Å²) in [5.41, 5.74) is 6.66. The molecule has 3 N–H and O–H groups in total. The van der Waals surface area contributed by atoms with E-state index >= 15 is 0 Å². The van der Waals surface area contributed by atoms with Gasteiger partial charge in [0.15, 0.2) is 5.58 Å². The second-order valence-corrected chi connectivity index (χ2v) is 5.19. The molecule has 0 spiro atoms. The molecule has 1 aliphatic heterocycles. The summed E-state index contributed by atoms with van der Waals surface area (Å²) in [6.45, 7) is 1.00. The number of fused-ring (bicyclic) bond motifs is 1. The zero-order valence-corrected chi connectivity index (χ0v) is 11.3. The predicted molar refractivity (Wildman–Crippen MR) is 74.7 cm³/mol. The molecular weight excluding hydrogens is 274 g/mol. The van der Waals surface area contributed by atoms with Crippen molar-refractivity contribution in [2.75, 3.05) is 13.1 Å². The van der Waals surface area contributed by atoms with Gasteiger partial charge in [0.05, 0.1) is 5.52 Å². The van der Waals surface area contributed by atoms with E-state index in [1.54, 1.807) is 23.1 Å².